The number of amides is 3. The Morgan fingerprint density at radius 2 is 1.47 bits per heavy atom. The van der Waals surface area contributed by atoms with Crippen LogP contribution in [0.3, 0.4) is 0 Å². The average Bonchev–Trinajstić information content (AvgIpc) is 3.62. The van der Waals surface area contributed by atoms with Gasteiger partial charge in [-0.25, -0.2) is 0 Å². The highest BCUT2D eigenvalue weighted by molar-refractivity contribution is 6.30. The molecule has 1 aliphatic rings. The van der Waals surface area contributed by atoms with E-state index >= 15 is 0 Å². The van der Waals surface area contributed by atoms with Crippen LogP contribution in [-0.4, -0.2) is 122 Å². The number of nitrogens with zero attached hydrogens (tertiary/aromatic N) is 6. The lowest BCUT2D eigenvalue weighted by Crippen LogP contribution is -2.52. The van der Waals surface area contributed by atoms with Crippen molar-refractivity contribution < 1.29 is 33.3 Å². The van der Waals surface area contributed by atoms with Crippen molar-refractivity contribution in [1.82, 2.24) is 25.4 Å². The SMILES string of the molecule is COc1ccc2c(c1)C(c1ccc(Cl)cc1)=N[C@@H](CC(=O)Nc1ccc(OCCOCCOCCNC(=O)[C@H](CCCN=C(N)N)NC(=O)[C@@H](N)CCCN=C(N)N)cc1)c1nnc(C)n1-2. The van der Waals surface area contributed by atoms with Crippen molar-refractivity contribution in [1.29, 1.82) is 0 Å². The number of carbonyl (C=O) groups excluding carboxylic acids is 3. The van der Waals surface area contributed by atoms with E-state index in [1.165, 1.54) is 0 Å². The molecule has 0 aliphatic carbocycles. The Balaban J connectivity index is 1.02. The normalized spacial score (nSPS) is 13.7. The number of fused-ring (bicyclic) bond motifs is 3. The van der Waals surface area contributed by atoms with Crippen molar-refractivity contribution in [2.45, 2.75) is 57.2 Å². The molecule has 0 unspecified atom stereocenters. The number of guanidine groups is 2. The van der Waals surface area contributed by atoms with Gasteiger partial charge in [0.2, 0.25) is 17.7 Å². The molecule has 0 saturated carbocycles. The first-order valence-electron chi connectivity index (χ1n) is 21.4. The summed E-state index contributed by atoms with van der Waals surface area (Å²) in [5, 5.41) is 17.8. The number of benzene rings is 3. The molecule has 0 spiro atoms. The molecule has 0 bridgehead atoms. The number of anilines is 1. The van der Waals surface area contributed by atoms with Crippen molar-refractivity contribution in [3.8, 4) is 17.2 Å². The molecule has 13 N–H and O–H groups in total. The zero-order valence-electron chi connectivity index (χ0n) is 37.1. The Kier molecular flexibility index (Phi) is 19.5. The number of carbonyl (C=O) groups is 3. The van der Waals surface area contributed by atoms with E-state index in [1.54, 1.807) is 43.5 Å². The molecule has 0 radical (unpaired) electrons. The van der Waals surface area contributed by atoms with Gasteiger partial charge in [-0.3, -0.25) is 33.9 Å². The number of nitrogens with two attached hydrogens (primary N) is 5. The van der Waals surface area contributed by atoms with Crippen LogP contribution >= 0.6 is 11.6 Å². The largest absolute Gasteiger partial charge is 0.497 e. The maximum Gasteiger partial charge on any atom is 0.242 e. The van der Waals surface area contributed by atoms with E-state index in [9.17, 15) is 14.4 Å². The highest BCUT2D eigenvalue weighted by Gasteiger charge is 2.30. The molecule has 0 saturated heterocycles. The van der Waals surface area contributed by atoms with Gasteiger partial charge in [0.1, 0.15) is 36.0 Å². The topological polar surface area (TPSA) is 322 Å². The third kappa shape index (κ3) is 15.4. The van der Waals surface area contributed by atoms with Crippen molar-refractivity contribution >= 4 is 52.6 Å². The maximum absolute atomic E-state index is 13.5. The molecule has 3 amide bonds. The predicted molar refractivity (Wildman–Crippen MR) is 252 cm³/mol. The number of ether oxygens (including phenoxy) is 4. The minimum Gasteiger partial charge on any atom is -0.497 e. The zero-order chi connectivity index (χ0) is 47.4. The van der Waals surface area contributed by atoms with Gasteiger partial charge in [-0.1, -0.05) is 23.7 Å². The second-order valence-corrected chi connectivity index (χ2v) is 15.5. The van der Waals surface area contributed by atoms with Crippen molar-refractivity contribution in [2.75, 3.05) is 65.1 Å². The molecule has 1 aliphatic heterocycles. The number of halogens is 1. The molecule has 5 rings (SSSR count). The highest BCUT2D eigenvalue weighted by Crippen LogP contribution is 2.35. The fourth-order valence-electron chi connectivity index (χ4n) is 6.81. The number of rotatable bonds is 26. The fraction of sp³-hybridized carbons (Fsp3) is 0.409. The lowest BCUT2D eigenvalue weighted by molar-refractivity contribution is -0.130. The van der Waals surface area contributed by atoms with Crippen LogP contribution in [0, 0.1) is 6.92 Å². The summed E-state index contributed by atoms with van der Waals surface area (Å²) in [5.41, 5.74) is 31.2. The van der Waals surface area contributed by atoms with E-state index in [4.69, 9.17) is 64.2 Å². The van der Waals surface area contributed by atoms with Crippen LogP contribution in [0.2, 0.25) is 5.02 Å². The molecular weight excluding hydrogens is 872 g/mol. The summed E-state index contributed by atoms with van der Waals surface area (Å²) in [6.07, 6.45) is 1.55. The lowest BCUT2D eigenvalue weighted by atomic mass is 10.00. The Labute approximate surface area is 387 Å². The lowest BCUT2D eigenvalue weighted by Gasteiger charge is -2.20. The second kappa shape index (κ2) is 25.6. The van der Waals surface area contributed by atoms with E-state index in [2.05, 4.69) is 36.1 Å². The smallest absolute Gasteiger partial charge is 0.242 e. The van der Waals surface area contributed by atoms with Gasteiger partial charge in [-0.2, -0.15) is 0 Å². The average molecular weight is 931 g/mol. The van der Waals surface area contributed by atoms with Gasteiger partial charge in [0.05, 0.1) is 57.4 Å². The Hall–Kier alpha value is -6.81. The van der Waals surface area contributed by atoms with Gasteiger partial charge in [-0.15, -0.1) is 10.2 Å². The van der Waals surface area contributed by atoms with Crippen molar-refractivity contribution in [2.24, 2.45) is 43.6 Å². The van der Waals surface area contributed by atoms with Gasteiger partial charge in [0.15, 0.2) is 17.7 Å². The van der Waals surface area contributed by atoms with Crippen LogP contribution in [0.1, 0.15) is 60.9 Å². The Bertz CT molecular complexity index is 2310. The van der Waals surface area contributed by atoms with E-state index in [0.29, 0.717) is 85.1 Å². The quantitative estimate of drug-likeness (QED) is 0.0252. The van der Waals surface area contributed by atoms with Crippen LogP contribution in [0.25, 0.3) is 5.69 Å². The Morgan fingerprint density at radius 3 is 2.15 bits per heavy atom. The summed E-state index contributed by atoms with van der Waals surface area (Å²) in [7, 11) is 1.61. The molecule has 22 heteroatoms. The minimum atomic E-state index is -0.851. The van der Waals surface area contributed by atoms with Crippen molar-refractivity contribution in [3.05, 3.63) is 94.5 Å². The first-order chi connectivity index (χ1) is 31.8. The number of hydrogen-bond acceptors (Lipinski definition) is 13. The number of aromatic nitrogens is 3. The minimum absolute atomic E-state index is 0.00211. The highest BCUT2D eigenvalue weighted by atomic mass is 35.5. The van der Waals surface area contributed by atoms with Crippen LogP contribution in [0.4, 0.5) is 5.69 Å². The molecular formula is C44H59ClN14O7. The number of methoxy groups -OCH3 is 1. The molecule has 21 nitrogen and oxygen atoms in total. The van der Waals surface area contributed by atoms with E-state index in [1.807, 2.05) is 41.8 Å². The number of aliphatic imine (C=N–C) groups is 3. The van der Waals surface area contributed by atoms with E-state index < -0.39 is 29.9 Å². The molecule has 3 aromatic carbocycles. The molecule has 1 aromatic heterocycles. The third-order valence-corrected chi connectivity index (χ3v) is 10.3. The van der Waals surface area contributed by atoms with Gasteiger partial charge < -0.3 is 63.6 Å². The molecule has 66 heavy (non-hydrogen) atoms. The summed E-state index contributed by atoms with van der Waals surface area (Å²) < 4.78 is 24.5. The summed E-state index contributed by atoms with van der Waals surface area (Å²) >= 11 is 6.23. The van der Waals surface area contributed by atoms with Crippen LogP contribution in [0.5, 0.6) is 11.5 Å². The monoisotopic (exact) mass is 930 g/mol. The molecule has 0 fully saturated rings. The van der Waals surface area contributed by atoms with Crippen LogP contribution in [0.15, 0.2) is 81.7 Å². The van der Waals surface area contributed by atoms with Gasteiger partial charge >= 0.3 is 0 Å². The first-order valence-corrected chi connectivity index (χ1v) is 21.8. The van der Waals surface area contributed by atoms with Crippen LogP contribution < -0.4 is 54.1 Å². The summed E-state index contributed by atoms with van der Waals surface area (Å²) in [6.45, 7) is 4.07. The van der Waals surface area contributed by atoms with Crippen molar-refractivity contribution in [3.63, 3.8) is 0 Å². The third-order valence-electron chi connectivity index (χ3n) is 10.1. The summed E-state index contributed by atoms with van der Waals surface area (Å²) in [5.74, 6) is 1.21. The summed E-state index contributed by atoms with van der Waals surface area (Å²) in [4.78, 5) is 52.1. The van der Waals surface area contributed by atoms with Crippen LogP contribution in [-0.2, 0) is 23.9 Å². The fourth-order valence-corrected chi connectivity index (χ4v) is 6.94. The van der Waals surface area contributed by atoms with Gasteiger partial charge in [0.25, 0.3) is 0 Å². The predicted octanol–water partition coefficient (Wildman–Crippen LogP) is 1.61. The van der Waals surface area contributed by atoms with Gasteiger partial charge in [-0.05, 0) is 87.2 Å². The standard InChI is InChI=1S/C44H59ClN14O7/c1-27-57-58-40-36(55-39(28-7-9-29(45)10-8-28)33-25-32(63-2)15-16-37(33)59(27)40)26-38(60)54-30-11-13-31(14-12-30)66-24-23-65-22-21-64-20-19-51-42(62)35(6-4-18-53-44(49)50)56-41(61)34(46)5-3-17-52-43(47)48/h7-16,25,34-36H,3-6,17-24,26,46H2,1-2H3,(H,51,62)(H,54,60)(H,56,61)(H4,47,48,52)(H4,49,50,53)/t34-,35-,36-/m0/s1. The van der Waals surface area contributed by atoms with E-state index in [0.717, 1.165) is 16.8 Å². The number of aryl methyl sites for hydroxylation is 1. The molecule has 3 atom stereocenters. The number of nitrogens with one attached hydrogen (secondary N) is 3. The van der Waals surface area contributed by atoms with Gasteiger partial charge in [0, 0.05) is 41.5 Å². The molecule has 4 aromatic rings. The second-order valence-electron chi connectivity index (χ2n) is 15.0. The number of hydrogen-bond donors (Lipinski definition) is 8. The molecule has 2 heterocycles. The van der Waals surface area contributed by atoms with E-state index in [-0.39, 0.29) is 57.0 Å². The zero-order valence-corrected chi connectivity index (χ0v) is 37.8. The first kappa shape index (κ1) is 50.2. The maximum atomic E-state index is 13.5. The summed E-state index contributed by atoms with van der Waals surface area (Å²) in [6, 6.07) is 17.8. The Morgan fingerprint density at radius 1 is 0.818 bits per heavy atom. The molecule has 354 valence electrons.